The molecule has 0 aliphatic rings. The van der Waals surface area contributed by atoms with E-state index in [1.54, 1.807) is 24.3 Å². The molecule has 3 rings (SSSR count). The molecule has 0 unspecified atom stereocenters. The third-order valence-corrected chi connectivity index (χ3v) is 3.91. The Morgan fingerprint density at radius 3 is 2.54 bits per heavy atom. The van der Waals surface area contributed by atoms with Gasteiger partial charge in [-0.1, -0.05) is 11.6 Å². The molecule has 1 N–H and O–H groups in total. The Hall–Kier alpha value is -3.14. The van der Waals surface area contributed by atoms with Crippen LogP contribution in [-0.4, -0.2) is 32.2 Å². The lowest BCUT2D eigenvalue weighted by molar-refractivity contribution is -0.137. The fraction of sp³-hybridized carbons (Fsp3) is 0.176. The molecular weight excluding hydrogens is 399 g/mol. The number of ether oxygens (including phenoxy) is 1. The number of tetrazole rings is 1. The molecule has 7 nitrogen and oxygen atoms in total. The number of carbonyl (C=O) groups excluding carboxylic acids is 1. The van der Waals surface area contributed by atoms with Gasteiger partial charge in [0.1, 0.15) is 12.1 Å². The van der Waals surface area contributed by atoms with Gasteiger partial charge in [0.25, 0.3) is 5.91 Å². The Labute approximate surface area is 162 Å². The molecule has 0 saturated heterocycles. The average Bonchev–Trinajstić information content (AvgIpc) is 3.17. The summed E-state index contributed by atoms with van der Waals surface area (Å²) >= 11 is 5.63. The number of hydrogen-bond donors (Lipinski definition) is 1. The van der Waals surface area contributed by atoms with Crippen molar-refractivity contribution in [2.24, 2.45) is 0 Å². The molecule has 0 radical (unpaired) electrons. The summed E-state index contributed by atoms with van der Waals surface area (Å²) in [5.41, 5.74) is -0.761. The van der Waals surface area contributed by atoms with E-state index in [2.05, 4.69) is 20.8 Å². The number of aromatic nitrogens is 4. The van der Waals surface area contributed by atoms with Crippen molar-refractivity contribution in [3.63, 3.8) is 0 Å². The van der Waals surface area contributed by atoms with E-state index in [0.29, 0.717) is 11.4 Å². The van der Waals surface area contributed by atoms with Crippen LogP contribution in [-0.2, 0) is 11.0 Å². The Kier molecular flexibility index (Phi) is 5.50. The molecule has 11 heteroatoms. The number of nitrogens with one attached hydrogen (secondary N) is 1. The average molecular weight is 412 g/mol. The number of hydrogen-bond acceptors (Lipinski definition) is 5. The molecule has 2 aromatic carbocycles. The number of amides is 1. The van der Waals surface area contributed by atoms with Crippen LogP contribution in [0.25, 0.3) is 5.69 Å². The molecule has 28 heavy (non-hydrogen) atoms. The van der Waals surface area contributed by atoms with Crippen molar-refractivity contribution in [2.45, 2.75) is 19.2 Å². The summed E-state index contributed by atoms with van der Waals surface area (Å²) in [6.45, 7) is 1.42. The van der Waals surface area contributed by atoms with Crippen LogP contribution in [0.5, 0.6) is 5.75 Å². The van der Waals surface area contributed by atoms with Gasteiger partial charge < -0.3 is 10.1 Å². The first-order valence-corrected chi connectivity index (χ1v) is 8.29. The zero-order valence-electron chi connectivity index (χ0n) is 14.3. The first-order valence-electron chi connectivity index (χ1n) is 7.92. The molecule has 0 spiro atoms. The Morgan fingerprint density at radius 1 is 1.21 bits per heavy atom. The molecular formula is C17H13ClF3N5O2. The third kappa shape index (κ3) is 4.58. The molecule has 0 fully saturated rings. The van der Waals surface area contributed by atoms with E-state index in [4.69, 9.17) is 16.3 Å². The predicted octanol–water partition coefficient (Wildman–Crippen LogP) is 3.74. The summed E-state index contributed by atoms with van der Waals surface area (Å²) in [4.78, 5) is 12.3. The van der Waals surface area contributed by atoms with Crippen LogP contribution in [0.1, 0.15) is 12.5 Å². The lowest BCUT2D eigenvalue weighted by atomic mass is 10.1. The quantitative estimate of drug-likeness (QED) is 0.691. The van der Waals surface area contributed by atoms with E-state index >= 15 is 0 Å². The highest BCUT2D eigenvalue weighted by molar-refractivity contribution is 6.30. The number of carbonyl (C=O) groups is 1. The topological polar surface area (TPSA) is 81.9 Å². The Balaban J connectivity index is 1.69. The van der Waals surface area contributed by atoms with Crippen molar-refractivity contribution < 1.29 is 22.7 Å². The van der Waals surface area contributed by atoms with E-state index in [9.17, 15) is 18.0 Å². The molecule has 3 aromatic rings. The second kappa shape index (κ2) is 7.85. The molecule has 0 saturated carbocycles. The number of benzene rings is 2. The minimum Gasteiger partial charge on any atom is -0.481 e. The van der Waals surface area contributed by atoms with Crippen molar-refractivity contribution in [1.29, 1.82) is 0 Å². The number of anilines is 1. The second-order valence-electron chi connectivity index (χ2n) is 5.69. The van der Waals surface area contributed by atoms with Crippen molar-refractivity contribution in [3.05, 3.63) is 59.4 Å². The molecule has 1 heterocycles. The van der Waals surface area contributed by atoms with Crippen LogP contribution in [0.3, 0.4) is 0 Å². The fourth-order valence-corrected chi connectivity index (χ4v) is 2.48. The van der Waals surface area contributed by atoms with Gasteiger partial charge in [0, 0.05) is 5.02 Å². The molecule has 0 aliphatic heterocycles. The monoisotopic (exact) mass is 411 g/mol. The first-order chi connectivity index (χ1) is 13.2. The number of alkyl halides is 3. The Bertz CT molecular complexity index is 962. The van der Waals surface area contributed by atoms with Gasteiger partial charge in [0.15, 0.2) is 6.10 Å². The number of rotatable bonds is 5. The molecule has 146 valence electrons. The highest BCUT2D eigenvalue weighted by atomic mass is 35.5. The maximum atomic E-state index is 13.1. The third-order valence-electron chi connectivity index (χ3n) is 3.68. The second-order valence-corrected chi connectivity index (χ2v) is 6.12. The molecule has 1 aromatic heterocycles. The van der Waals surface area contributed by atoms with Crippen LogP contribution >= 0.6 is 11.6 Å². The van der Waals surface area contributed by atoms with Crippen molar-refractivity contribution in [2.75, 3.05) is 5.32 Å². The summed E-state index contributed by atoms with van der Waals surface area (Å²) in [5.74, 6) is -0.385. The standard InChI is InChI=1S/C17H13ClF3N5O2/c1-10(28-13-5-3-12(4-6-13)26-9-22-24-25-26)16(27)23-15-7-2-11(18)8-14(15)17(19,20)21/h2-10H,1H3,(H,23,27)/t10-/m0/s1. The van der Waals surface area contributed by atoms with Gasteiger partial charge in [0.05, 0.1) is 16.9 Å². The van der Waals surface area contributed by atoms with Gasteiger partial charge in [-0.05, 0) is 59.8 Å². The van der Waals surface area contributed by atoms with Crippen molar-refractivity contribution >= 4 is 23.2 Å². The van der Waals surface area contributed by atoms with E-state index in [0.717, 1.165) is 12.1 Å². The predicted molar refractivity (Wildman–Crippen MR) is 94.3 cm³/mol. The van der Waals surface area contributed by atoms with Gasteiger partial charge in [-0.25, -0.2) is 4.68 Å². The van der Waals surface area contributed by atoms with Crippen LogP contribution in [0, 0.1) is 0 Å². The number of nitrogens with zero attached hydrogens (tertiary/aromatic N) is 4. The molecule has 0 bridgehead atoms. The summed E-state index contributed by atoms with van der Waals surface area (Å²) in [7, 11) is 0. The minimum absolute atomic E-state index is 0.0858. The normalized spacial score (nSPS) is 12.5. The zero-order chi connectivity index (χ0) is 20.3. The Morgan fingerprint density at radius 2 is 1.93 bits per heavy atom. The van der Waals surface area contributed by atoms with Gasteiger partial charge in [-0.3, -0.25) is 4.79 Å². The van der Waals surface area contributed by atoms with E-state index in [1.807, 2.05) is 0 Å². The number of halogens is 4. The smallest absolute Gasteiger partial charge is 0.418 e. The van der Waals surface area contributed by atoms with Crippen LogP contribution < -0.4 is 10.1 Å². The van der Waals surface area contributed by atoms with Crippen LogP contribution in [0.15, 0.2) is 48.8 Å². The summed E-state index contributed by atoms with van der Waals surface area (Å²) in [6.07, 6.45) is -4.30. The highest BCUT2D eigenvalue weighted by Crippen LogP contribution is 2.36. The molecule has 1 atom stereocenters. The summed E-state index contributed by atoms with van der Waals surface area (Å²) < 4.78 is 46.3. The van der Waals surface area contributed by atoms with Crippen LogP contribution in [0.4, 0.5) is 18.9 Å². The van der Waals surface area contributed by atoms with Gasteiger partial charge >= 0.3 is 6.18 Å². The summed E-state index contributed by atoms with van der Waals surface area (Å²) in [5, 5.41) is 12.9. The molecule has 1 amide bonds. The van der Waals surface area contributed by atoms with Crippen molar-refractivity contribution in [3.8, 4) is 11.4 Å². The minimum atomic E-state index is -4.66. The van der Waals surface area contributed by atoms with Crippen molar-refractivity contribution in [1.82, 2.24) is 20.2 Å². The molecule has 0 aliphatic carbocycles. The van der Waals surface area contributed by atoms with Crippen LogP contribution in [0.2, 0.25) is 5.02 Å². The van der Waals surface area contributed by atoms with Gasteiger partial charge in [0.2, 0.25) is 0 Å². The zero-order valence-corrected chi connectivity index (χ0v) is 15.1. The van der Waals surface area contributed by atoms with Gasteiger partial charge in [-0.15, -0.1) is 5.10 Å². The highest BCUT2D eigenvalue weighted by Gasteiger charge is 2.34. The lowest BCUT2D eigenvalue weighted by Gasteiger charge is -2.18. The largest absolute Gasteiger partial charge is 0.481 e. The van der Waals surface area contributed by atoms with Gasteiger partial charge in [-0.2, -0.15) is 13.2 Å². The first kappa shape index (κ1) is 19.6. The van der Waals surface area contributed by atoms with E-state index in [1.165, 1.54) is 24.0 Å². The van der Waals surface area contributed by atoms with E-state index in [-0.39, 0.29) is 5.02 Å². The maximum absolute atomic E-state index is 13.1. The SMILES string of the molecule is C[C@H](Oc1ccc(-n2cnnn2)cc1)C(=O)Nc1ccc(Cl)cc1C(F)(F)F. The lowest BCUT2D eigenvalue weighted by Crippen LogP contribution is -2.31. The summed E-state index contributed by atoms with van der Waals surface area (Å²) in [6, 6.07) is 9.61. The van der Waals surface area contributed by atoms with E-state index < -0.39 is 29.4 Å². The fourth-order valence-electron chi connectivity index (χ4n) is 2.31. The maximum Gasteiger partial charge on any atom is 0.418 e.